The topological polar surface area (TPSA) is 44.8 Å². The van der Waals surface area contributed by atoms with Crippen LogP contribution in [0.1, 0.15) is 50.3 Å². The van der Waals surface area contributed by atoms with Crippen LogP contribution in [0.4, 0.5) is 11.4 Å². The second-order valence-corrected chi connectivity index (χ2v) is 8.67. The summed E-state index contributed by atoms with van der Waals surface area (Å²) in [4.78, 5) is 16.9. The van der Waals surface area contributed by atoms with E-state index in [2.05, 4.69) is 73.6 Å². The highest BCUT2D eigenvalue weighted by molar-refractivity contribution is 5.98. The van der Waals surface area contributed by atoms with E-state index in [1.54, 1.807) is 7.11 Å². The van der Waals surface area contributed by atoms with Crippen LogP contribution in [0.15, 0.2) is 42.5 Å². The number of ether oxygens (including phenoxy) is 1. The van der Waals surface area contributed by atoms with E-state index in [1.807, 2.05) is 4.90 Å². The van der Waals surface area contributed by atoms with Crippen molar-refractivity contribution in [3.8, 4) is 5.75 Å². The van der Waals surface area contributed by atoms with Gasteiger partial charge in [-0.25, -0.2) is 0 Å². The normalized spacial score (nSPS) is 21.5. The van der Waals surface area contributed by atoms with Gasteiger partial charge in [0.05, 0.1) is 18.8 Å². The van der Waals surface area contributed by atoms with Gasteiger partial charge in [0, 0.05) is 31.2 Å². The maximum absolute atomic E-state index is 12.6. The van der Waals surface area contributed by atoms with Gasteiger partial charge in [-0.05, 0) is 62.9 Å². The zero-order chi connectivity index (χ0) is 21.3. The Morgan fingerprint density at radius 3 is 2.63 bits per heavy atom. The molecule has 1 fully saturated rings. The number of carbonyl (C=O) groups is 1. The summed E-state index contributed by atoms with van der Waals surface area (Å²) in [6, 6.07) is 15.7. The van der Waals surface area contributed by atoms with Crippen molar-refractivity contribution in [3.63, 3.8) is 0 Å². The largest absolute Gasteiger partial charge is 0.495 e. The number of aryl methyl sites for hydroxylation is 1. The van der Waals surface area contributed by atoms with Crippen LogP contribution in [-0.4, -0.2) is 38.7 Å². The van der Waals surface area contributed by atoms with E-state index in [9.17, 15) is 4.79 Å². The molecular weight excluding hydrogens is 374 g/mol. The lowest BCUT2D eigenvalue weighted by Gasteiger charge is -2.41. The minimum atomic E-state index is 0.136. The Labute approximate surface area is 180 Å². The van der Waals surface area contributed by atoms with Gasteiger partial charge in [0.25, 0.3) is 0 Å². The first kappa shape index (κ1) is 20.7. The highest BCUT2D eigenvalue weighted by Crippen LogP contribution is 2.41. The number of piperidine rings is 1. The van der Waals surface area contributed by atoms with Crippen molar-refractivity contribution in [1.82, 2.24) is 5.32 Å². The van der Waals surface area contributed by atoms with Crippen molar-refractivity contribution in [2.75, 3.05) is 30.5 Å². The molecule has 5 nitrogen and oxygen atoms in total. The van der Waals surface area contributed by atoms with E-state index in [0.717, 1.165) is 42.9 Å². The van der Waals surface area contributed by atoms with Crippen LogP contribution in [0.3, 0.4) is 0 Å². The van der Waals surface area contributed by atoms with Crippen molar-refractivity contribution in [2.24, 2.45) is 0 Å². The van der Waals surface area contributed by atoms with Gasteiger partial charge in [-0.3, -0.25) is 4.79 Å². The van der Waals surface area contributed by atoms with Gasteiger partial charge in [-0.2, -0.15) is 0 Å². The molecule has 160 valence electrons. The fourth-order valence-corrected chi connectivity index (χ4v) is 4.99. The van der Waals surface area contributed by atoms with Crippen molar-refractivity contribution >= 4 is 17.3 Å². The molecule has 5 heteroatoms. The fourth-order valence-electron chi connectivity index (χ4n) is 4.99. The molecule has 0 aliphatic carbocycles. The summed E-state index contributed by atoms with van der Waals surface area (Å²) >= 11 is 0. The standard InChI is InChI=1S/C25H33N3O2/c1-17(2)28-21-16-22(23(30-4)15-19(21)12-13-24(28)29)27(3)20-11-8-14-26-25(20)18-9-6-5-7-10-18/h5-7,9-10,15-17,20,25-26H,8,11-14H2,1-4H3/t20-,25-/m0/s1. The van der Waals surface area contributed by atoms with Gasteiger partial charge < -0.3 is 19.9 Å². The second-order valence-electron chi connectivity index (χ2n) is 8.67. The van der Waals surface area contributed by atoms with Crippen LogP contribution in [-0.2, 0) is 11.2 Å². The minimum absolute atomic E-state index is 0.136. The molecule has 2 aromatic carbocycles. The van der Waals surface area contributed by atoms with E-state index in [0.29, 0.717) is 12.5 Å². The van der Waals surface area contributed by atoms with E-state index in [4.69, 9.17) is 4.74 Å². The number of hydrogen-bond acceptors (Lipinski definition) is 4. The Kier molecular flexibility index (Phi) is 6.00. The smallest absolute Gasteiger partial charge is 0.227 e. The van der Waals surface area contributed by atoms with Crippen molar-refractivity contribution in [1.29, 1.82) is 0 Å². The number of methoxy groups -OCH3 is 1. The Hall–Kier alpha value is -2.53. The molecule has 30 heavy (non-hydrogen) atoms. The summed E-state index contributed by atoms with van der Waals surface area (Å²) < 4.78 is 5.82. The fraction of sp³-hybridized carbons (Fsp3) is 0.480. The molecule has 2 heterocycles. The number of hydrogen-bond donors (Lipinski definition) is 1. The number of benzene rings is 2. The minimum Gasteiger partial charge on any atom is -0.495 e. The van der Waals surface area contributed by atoms with Crippen LogP contribution in [0.5, 0.6) is 5.75 Å². The number of carbonyl (C=O) groups excluding carboxylic acids is 1. The SMILES string of the molecule is COc1cc2c(cc1N(C)[C@H]1CCCN[C@H]1c1ccccc1)N(C(C)C)C(=O)CC2. The quantitative estimate of drug-likeness (QED) is 0.802. The number of anilines is 2. The molecule has 2 atom stereocenters. The summed E-state index contributed by atoms with van der Waals surface area (Å²) in [5, 5.41) is 3.72. The second kappa shape index (κ2) is 8.68. The lowest BCUT2D eigenvalue weighted by atomic mass is 9.90. The zero-order valence-electron chi connectivity index (χ0n) is 18.5. The van der Waals surface area contributed by atoms with Crippen LogP contribution >= 0.6 is 0 Å². The van der Waals surface area contributed by atoms with Crippen LogP contribution < -0.4 is 19.9 Å². The molecule has 0 aromatic heterocycles. The van der Waals surface area contributed by atoms with E-state index in [-0.39, 0.29) is 18.0 Å². The van der Waals surface area contributed by atoms with E-state index in [1.165, 1.54) is 11.1 Å². The molecule has 2 aliphatic rings. The van der Waals surface area contributed by atoms with Gasteiger partial charge in [0.2, 0.25) is 5.91 Å². The lowest BCUT2D eigenvalue weighted by molar-refractivity contribution is -0.119. The number of amides is 1. The molecule has 0 spiro atoms. The Balaban J connectivity index is 1.74. The maximum atomic E-state index is 12.6. The molecule has 2 aromatic rings. The zero-order valence-corrected chi connectivity index (χ0v) is 18.5. The summed E-state index contributed by atoms with van der Waals surface area (Å²) in [5.41, 5.74) is 4.58. The van der Waals surface area contributed by atoms with Gasteiger partial charge >= 0.3 is 0 Å². The molecule has 1 amide bonds. The van der Waals surface area contributed by atoms with Gasteiger partial charge in [-0.1, -0.05) is 30.3 Å². The monoisotopic (exact) mass is 407 g/mol. The number of likely N-dealkylation sites (N-methyl/N-ethyl adjacent to an activating group) is 1. The van der Waals surface area contributed by atoms with Crippen molar-refractivity contribution < 1.29 is 9.53 Å². The highest BCUT2D eigenvalue weighted by Gasteiger charge is 2.33. The molecular formula is C25H33N3O2. The maximum Gasteiger partial charge on any atom is 0.227 e. The third kappa shape index (κ3) is 3.79. The summed E-state index contributed by atoms with van der Waals surface area (Å²) in [6.45, 7) is 5.19. The van der Waals surface area contributed by atoms with Crippen LogP contribution in [0.25, 0.3) is 0 Å². The van der Waals surface area contributed by atoms with Crippen molar-refractivity contribution in [2.45, 2.75) is 57.7 Å². The summed E-state index contributed by atoms with van der Waals surface area (Å²) in [7, 11) is 3.89. The Morgan fingerprint density at radius 2 is 1.93 bits per heavy atom. The number of fused-ring (bicyclic) bond motifs is 1. The first-order chi connectivity index (χ1) is 14.5. The molecule has 0 bridgehead atoms. The summed E-state index contributed by atoms with van der Waals surface area (Å²) in [6.07, 6.45) is 3.58. The Morgan fingerprint density at radius 1 is 1.17 bits per heavy atom. The third-order valence-corrected chi connectivity index (χ3v) is 6.49. The van der Waals surface area contributed by atoms with Gasteiger partial charge in [-0.15, -0.1) is 0 Å². The average Bonchev–Trinajstić information content (AvgIpc) is 2.78. The molecule has 1 N–H and O–H groups in total. The van der Waals surface area contributed by atoms with Gasteiger partial charge in [0.1, 0.15) is 5.75 Å². The number of nitrogens with one attached hydrogen (secondary N) is 1. The predicted octanol–water partition coefficient (Wildman–Crippen LogP) is 4.31. The van der Waals surface area contributed by atoms with Crippen molar-refractivity contribution in [3.05, 3.63) is 53.6 Å². The predicted molar refractivity (Wildman–Crippen MR) is 123 cm³/mol. The molecule has 2 aliphatic heterocycles. The molecule has 1 saturated heterocycles. The molecule has 0 saturated carbocycles. The molecule has 0 unspecified atom stereocenters. The number of rotatable bonds is 5. The van der Waals surface area contributed by atoms with E-state index >= 15 is 0 Å². The first-order valence-corrected chi connectivity index (χ1v) is 11.1. The van der Waals surface area contributed by atoms with Crippen LogP contribution in [0.2, 0.25) is 0 Å². The summed E-state index contributed by atoms with van der Waals surface area (Å²) in [5.74, 6) is 1.09. The lowest BCUT2D eigenvalue weighted by Crippen LogP contribution is -2.47. The van der Waals surface area contributed by atoms with Gasteiger partial charge in [0.15, 0.2) is 0 Å². The van der Waals surface area contributed by atoms with Crippen LogP contribution in [0, 0.1) is 0 Å². The highest BCUT2D eigenvalue weighted by atomic mass is 16.5. The molecule has 0 radical (unpaired) electrons. The first-order valence-electron chi connectivity index (χ1n) is 11.1. The Bertz CT molecular complexity index is 897. The average molecular weight is 408 g/mol. The molecule has 4 rings (SSSR count). The third-order valence-electron chi connectivity index (χ3n) is 6.49. The van der Waals surface area contributed by atoms with E-state index < -0.39 is 0 Å². The number of nitrogens with zero attached hydrogens (tertiary/aromatic N) is 2.